The molecule has 0 radical (unpaired) electrons. The number of ether oxygens (including phenoxy) is 2. The van der Waals surface area contributed by atoms with E-state index in [1.54, 1.807) is 0 Å². The summed E-state index contributed by atoms with van der Waals surface area (Å²) in [5.41, 5.74) is 6.06. The highest BCUT2D eigenvalue weighted by molar-refractivity contribution is 7.89. The zero-order valence-electron chi connectivity index (χ0n) is 11.5. The zero-order valence-corrected chi connectivity index (χ0v) is 12.3. The number of hydrogen-bond acceptors (Lipinski definition) is 5. The van der Waals surface area contributed by atoms with Gasteiger partial charge in [0.25, 0.3) is 0 Å². The molecular weight excluding hydrogens is 280 g/mol. The first-order chi connectivity index (χ1) is 9.53. The third-order valence-electron chi connectivity index (χ3n) is 3.10. The summed E-state index contributed by atoms with van der Waals surface area (Å²) in [5.74, 6) is 1.02. The van der Waals surface area contributed by atoms with Gasteiger partial charge in [0.1, 0.15) is 5.75 Å². The fraction of sp³-hybridized carbons (Fsp3) is 0.538. The van der Waals surface area contributed by atoms with Crippen LogP contribution in [0.15, 0.2) is 23.1 Å². The van der Waals surface area contributed by atoms with Crippen molar-refractivity contribution in [3.63, 3.8) is 0 Å². The Kier molecular flexibility index (Phi) is 4.85. The number of rotatable bonds is 8. The molecule has 0 aromatic heterocycles. The molecule has 0 aliphatic heterocycles. The molecule has 0 amide bonds. The van der Waals surface area contributed by atoms with Crippen molar-refractivity contribution in [2.75, 3.05) is 32.6 Å². The van der Waals surface area contributed by atoms with Gasteiger partial charge in [-0.2, -0.15) is 0 Å². The van der Waals surface area contributed by atoms with Crippen LogP contribution in [0.3, 0.4) is 0 Å². The number of nitrogens with two attached hydrogens (primary N) is 1. The van der Waals surface area contributed by atoms with Crippen molar-refractivity contribution >= 4 is 15.7 Å². The van der Waals surface area contributed by atoms with Gasteiger partial charge >= 0.3 is 0 Å². The Bertz CT molecular complexity index is 555. The maximum absolute atomic E-state index is 12.1. The molecule has 1 saturated carbocycles. The molecule has 0 atom stereocenters. The fourth-order valence-corrected chi connectivity index (χ4v) is 2.75. The van der Waals surface area contributed by atoms with Crippen LogP contribution in [0.25, 0.3) is 0 Å². The first-order valence-corrected chi connectivity index (χ1v) is 8.02. The molecule has 0 spiro atoms. The zero-order chi connectivity index (χ0) is 14.6. The monoisotopic (exact) mass is 300 g/mol. The van der Waals surface area contributed by atoms with E-state index >= 15 is 0 Å². The standard InChI is InChI=1S/C13H20N2O4S/c1-18-13-8-11(4-5-12(13)14)20(16,17)15-6-7-19-9-10-2-3-10/h4-5,8,10,15H,2-3,6-7,9,14H2,1H3. The van der Waals surface area contributed by atoms with Crippen LogP contribution in [0, 0.1) is 5.92 Å². The van der Waals surface area contributed by atoms with E-state index in [1.807, 2.05) is 0 Å². The van der Waals surface area contributed by atoms with Crippen LogP contribution in [0.2, 0.25) is 0 Å². The van der Waals surface area contributed by atoms with E-state index in [0.29, 0.717) is 24.0 Å². The maximum atomic E-state index is 12.1. The molecule has 1 aliphatic carbocycles. The van der Waals surface area contributed by atoms with Gasteiger partial charge in [0.05, 0.1) is 24.3 Å². The smallest absolute Gasteiger partial charge is 0.240 e. The second kappa shape index (κ2) is 6.43. The molecule has 1 fully saturated rings. The van der Waals surface area contributed by atoms with E-state index < -0.39 is 10.0 Å². The van der Waals surface area contributed by atoms with Crippen LogP contribution in [0.1, 0.15) is 12.8 Å². The number of methoxy groups -OCH3 is 1. The first kappa shape index (κ1) is 15.1. The predicted octanol–water partition coefficient (Wildman–Crippen LogP) is 0.982. The van der Waals surface area contributed by atoms with Gasteiger partial charge in [0, 0.05) is 19.2 Å². The van der Waals surface area contributed by atoms with Crippen LogP contribution >= 0.6 is 0 Å². The summed E-state index contributed by atoms with van der Waals surface area (Å²) >= 11 is 0. The van der Waals surface area contributed by atoms with Crippen molar-refractivity contribution in [1.29, 1.82) is 0 Å². The Hall–Kier alpha value is -1.31. The molecule has 0 heterocycles. The van der Waals surface area contributed by atoms with Crippen LogP contribution in [-0.4, -0.2) is 35.3 Å². The lowest BCUT2D eigenvalue weighted by Gasteiger charge is -2.10. The van der Waals surface area contributed by atoms with Crippen molar-refractivity contribution in [3.8, 4) is 5.75 Å². The molecule has 0 bridgehead atoms. The van der Waals surface area contributed by atoms with Crippen LogP contribution in [-0.2, 0) is 14.8 Å². The quantitative estimate of drug-likeness (QED) is 0.552. The van der Waals surface area contributed by atoms with E-state index in [9.17, 15) is 8.42 Å². The SMILES string of the molecule is COc1cc(S(=O)(=O)NCCOCC2CC2)ccc1N. The number of nitrogens with one attached hydrogen (secondary N) is 1. The third-order valence-corrected chi connectivity index (χ3v) is 4.56. The van der Waals surface area contributed by atoms with Crippen LogP contribution < -0.4 is 15.2 Å². The lowest BCUT2D eigenvalue weighted by atomic mass is 10.3. The highest BCUT2D eigenvalue weighted by Gasteiger charge is 2.21. The second-order valence-electron chi connectivity index (χ2n) is 4.82. The molecule has 7 heteroatoms. The summed E-state index contributed by atoms with van der Waals surface area (Å²) in [7, 11) is -2.11. The van der Waals surface area contributed by atoms with Gasteiger partial charge in [0.2, 0.25) is 10.0 Å². The van der Waals surface area contributed by atoms with Gasteiger partial charge in [-0.15, -0.1) is 0 Å². The molecule has 20 heavy (non-hydrogen) atoms. The van der Waals surface area contributed by atoms with Crippen molar-refractivity contribution in [3.05, 3.63) is 18.2 Å². The molecule has 0 saturated heterocycles. The highest BCUT2D eigenvalue weighted by atomic mass is 32.2. The normalized spacial score (nSPS) is 15.2. The molecule has 0 unspecified atom stereocenters. The van der Waals surface area contributed by atoms with E-state index in [2.05, 4.69) is 4.72 Å². The largest absolute Gasteiger partial charge is 0.495 e. The number of sulfonamides is 1. The molecular formula is C13H20N2O4S. The fourth-order valence-electron chi connectivity index (χ4n) is 1.72. The Balaban J connectivity index is 1.88. The summed E-state index contributed by atoms with van der Waals surface area (Å²) < 4.78 is 37.0. The topological polar surface area (TPSA) is 90.7 Å². The Morgan fingerprint density at radius 3 is 2.80 bits per heavy atom. The molecule has 1 aliphatic rings. The number of benzene rings is 1. The van der Waals surface area contributed by atoms with Crippen molar-refractivity contribution in [1.82, 2.24) is 4.72 Å². The molecule has 112 valence electrons. The lowest BCUT2D eigenvalue weighted by molar-refractivity contribution is 0.129. The molecule has 3 N–H and O–H groups in total. The molecule has 1 aromatic carbocycles. The van der Waals surface area contributed by atoms with Crippen LogP contribution in [0.4, 0.5) is 5.69 Å². The summed E-state index contributed by atoms with van der Waals surface area (Å²) in [6, 6.07) is 4.37. The predicted molar refractivity (Wildman–Crippen MR) is 76.1 cm³/mol. The average Bonchev–Trinajstić information content (AvgIpc) is 3.22. The molecule has 1 aromatic rings. The maximum Gasteiger partial charge on any atom is 0.240 e. The van der Waals surface area contributed by atoms with Crippen molar-refractivity contribution in [2.24, 2.45) is 5.92 Å². The first-order valence-electron chi connectivity index (χ1n) is 6.54. The summed E-state index contributed by atoms with van der Waals surface area (Å²) in [6.45, 7) is 1.35. The minimum atomic E-state index is -3.56. The van der Waals surface area contributed by atoms with E-state index in [-0.39, 0.29) is 11.4 Å². The van der Waals surface area contributed by atoms with Crippen molar-refractivity contribution < 1.29 is 17.9 Å². The Morgan fingerprint density at radius 2 is 2.15 bits per heavy atom. The minimum Gasteiger partial charge on any atom is -0.495 e. The molecule has 6 nitrogen and oxygen atoms in total. The number of hydrogen-bond donors (Lipinski definition) is 2. The summed E-state index contributed by atoms with van der Waals surface area (Å²) in [5, 5.41) is 0. The van der Waals surface area contributed by atoms with E-state index in [4.69, 9.17) is 15.2 Å². The summed E-state index contributed by atoms with van der Waals surface area (Å²) in [4.78, 5) is 0.130. The van der Waals surface area contributed by atoms with Gasteiger partial charge in [-0.1, -0.05) is 0 Å². The van der Waals surface area contributed by atoms with E-state index in [1.165, 1.54) is 38.2 Å². The minimum absolute atomic E-state index is 0.130. The van der Waals surface area contributed by atoms with E-state index in [0.717, 1.165) is 6.61 Å². The van der Waals surface area contributed by atoms with Crippen molar-refractivity contribution in [2.45, 2.75) is 17.7 Å². The lowest BCUT2D eigenvalue weighted by Crippen LogP contribution is -2.27. The Morgan fingerprint density at radius 1 is 1.40 bits per heavy atom. The van der Waals surface area contributed by atoms with Gasteiger partial charge in [0.15, 0.2) is 0 Å². The average molecular weight is 300 g/mol. The Labute approximate surface area is 119 Å². The summed E-state index contributed by atoms with van der Waals surface area (Å²) in [6.07, 6.45) is 2.44. The second-order valence-corrected chi connectivity index (χ2v) is 6.59. The van der Waals surface area contributed by atoms with Crippen LogP contribution in [0.5, 0.6) is 5.75 Å². The van der Waals surface area contributed by atoms with Gasteiger partial charge < -0.3 is 15.2 Å². The third kappa shape index (κ3) is 4.09. The number of anilines is 1. The van der Waals surface area contributed by atoms with Gasteiger partial charge in [-0.25, -0.2) is 13.1 Å². The van der Waals surface area contributed by atoms with Gasteiger partial charge in [-0.3, -0.25) is 0 Å². The number of nitrogen functional groups attached to an aromatic ring is 1. The van der Waals surface area contributed by atoms with Gasteiger partial charge in [-0.05, 0) is 30.9 Å². The highest BCUT2D eigenvalue weighted by Crippen LogP contribution is 2.28. The molecule has 2 rings (SSSR count).